The van der Waals surface area contributed by atoms with E-state index in [0.29, 0.717) is 23.3 Å². The number of methoxy groups -OCH3 is 1. The normalized spacial score (nSPS) is 14.8. The highest BCUT2D eigenvalue weighted by molar-refractivity contribution is 6.32. The van der Waals surface area contributed by atoms with Crippen LogP contribution in [0.5, 0.6) is 11.5 Å². The van der Waals surface area contributed by atoms with Gasteiger partial charge in [0.25, 0.3) is 0 Å². The zero-order valence-corrected chi connectivity index (χ0v) is 22.3. The highest BCUT2D eigenvalue weighted by Gasteiger charge is 2.16. The highest BCUT2D eigenvalue weighted by atomic mass is 35.5. The number of tetrazole rings is 1. The number of piperazine rings is 1. The minimum absolute atomic E-state index is 0.188. The number of aromatic nitrogens is 6. The molecule has 2 aromatic heterocycles. The van der Waals surface area contributed by atoms with Gasteiger partial charge in [-0.25, -0.2) is 14.6 Å². The van der Waals surface area contributed by atoms with E-state index >= 15 is 0 Å². The smallest absolute Gasteiger partial charge is 0.227 e. The van der Waals surface area contributed by atoms with E-state index in [1.165, 1.54) is 0 Å². The van der Waals surface area contributed by atoms with Gasteiger partial charge in [0.15, 0.2) is 0 Å². The molecule has 1 saturated heterocycles. The van der Waals surface area contributed by atoms with E-state index in [1.54, 1.807) is 36.6 Å². The van der Waals surface area contributed by atoms with Crippen molar-refractivity contribution in [3.05, 3.63) is 60.1 Å². The first-order valence-corrected chi connectivity index (χ1v) is 12.7. The van der Waals surface area contributed by atoms with E-state index in [4.69, 9.17) is 21.1 Å². The molecule has 1 N–H and O–H groups in total. The first-order chi connectivity index (χ1) is 18.5. The fourth-order valence-corrected chi connectivity index (χ4v) is 4.42. The van der Waals surface area contributed by atoms with E-state index < -0.39 is 0 Å². The minimum Gasteiger partial charge on any atom is -0.494 e. The summed E-state index contributed by atoms with van der Waals surface area (Å²) >= 11 is 6.39. The number of benzene rings is 2. The average Bonchev–Trinajstić information content (AvgIpc) is 3.44. The molecule has 0 unspecified atom stereocenters. The monoisotopic (exact) mass is 535 g/mol. The second-order valence-electron chi connectivity index (χ2n) is 9.20. The predicted octanol–water partition coefficient (Wildman–Crippen LogP) is 3.76. The maximum Gasteiger partial charge on any atom is 0.227 e. The second kappa shape index (κ2) is 11.6. The molecule has 0 aliphatic carbocycles. The van der Waals surface area contributed by atoms with Crippen LogP contribution in [-0.4, -0.2) is 81.5 Å². The van der Waals surface area contributed by atoms with Crippen LogP contribution in [0.25, 0.3) is 11.1 Å². The largest absolute Gasteiger partial charge is 0.494 e. The molecule has 4 aromatic rings. The van der Waals surface area contributed by atoms with E-state index in [-0.39, 0.29) is 6.10 Å². The SMILES string of the molecule is COc1cc(N2CCN(C)CC2)ccc1Nc1ncc(-c2ccc(Cl)c(O[C@@H](C)Cn3cnnn3)c2)cn1. The average molecular weight is 536 g/mol. The van der Waals surface area contributed by atoms with Crippen LogP contribution in [0, 0.1) is 0 Å². The topological polar surface area (TPSA) is 106 Å². The molecule has 1 fully saturated rings. The van der Waals surface area contributed by atoms with E-state index in [1.807, 2.05) is 25.1 Å². The van der Waals surface area contributed by atoms with Crippen molar-refractivity contribution in [2.24, 2.45) is 0 Å². The standard InChI is InChI=1S/C26H30ClN9O2/c1-18(16-36-17-30-32-33-36)38-24-12-19(4-6-22(24)27)20-14-28-26(29-15-20)31-23-7-5-21(13-25(23)37-3)35-10-8-34(2)9-11-35/h4-7,12-15,17-18H,8-11,16H2,1-3H3,(H,28,29,31)/t18-/m0/s1. The summed E-state index contributed by atoms with van der Waals surface area (Å²) < 4.78 is 13.3. The van der Waals surface area contributed by atoms with Crippen LogP contribution in [0.3, 0.4) is 0 Å². The number of hydrogen-bond donors (Lipinski definition) is 1. The number of halogens is 1. The molecule has 38 heavy (non-hydrogen) atoms. The van der Waals surface area contributed by atoms with Gasteiger partial charge in [-0.3, -0.25) is 0 Å². The third-order valence-corrected chi connectivity index (χ3v) is 6.69. The molecule has 0 bridgehead atoms. The molecular weight excluding hydrogens is 506 g/mol. The Labute approximate surface area is 226 Å². The molecule has 0 saturated carbocycles. The summed E-state index contributed by atoms with van der Waals surface area (Å²) in [5.41, 5.74) is 3.67. The Morgan fingerprint density at radius 1 is 1.00 bits per heavy atom. The lowest BCUT2D eigenvalue weighted by molar-refractivity contribution is 0.193. The Morgan fingerprint density at radius 2 is 1.79 bits per heavy atom. The Bertz CT molecular complexity index is 1340. The molecule has 0 radical (unpaired) electrons. The summed E-state index contributed by atoms with van der Waals surface area (Å²) in [6.07, 6.45) is 4.88. The highest BCUT2D eigenvalue weighted by Crippen LogP contribution is 2.33. The predicted molar refractivity (Wildman–Crippen MR) is 146 cm³/mol. The maximum atomic E-state index is 6.39. The summed E-state index contributed by atoms with van der Waals surface area (Å²) in [6.45, 7) is 6.50. The number of nitrogens with one attached hydrogen (secondary N) is 1. The van der Waals surface area contributed by atoms with Gasteiger partial charge in [0, 0.05) is 55.9 Å². The van der Waals surface area contributed by atoms with Gasteiger partial charge >= 0.3 is 0 Å². The van der Waals surface area contributed by atoms with Gasteiger partial charge in [-0.05, 0) is 54.2 Å². The fraction of sp³-hybridized carbons (Fsp3) is 0.346. The van der Waals surface area contributed by atoms with Crippen LogP contribution >= 0.6 is 11.6 Å². The first-order valence-electron chi connectivity index (χ1n) is 12.4. The lowest BCUT2D eigenvalue weighted by atomic mass is 10.1. The van der Waals surface area contributed by atoms with Crippen molar-refractivity contribution in [2.75, 3.05) is 50.6 Å². The van der Waals surface area contributed by atoms with Crippen LogP contribution < -0.4 is 19.7 Å². The maximum absolute atomic E-state index is 6.39. The summed E-state index contributed by atoms with van der Waals surface area (Å²) in [6, 6.07) is 11.7. The van der Waals surface area contributed by atoms with E-state index in [0.717, 1.165) is 54.4 Å². The second-order valence-corrected chi connectivity index (χ2v) is 9.61. The number of ether oxygens (including phenoxy) is 2. The third kappa shape index (κ3) is 6.12. The molecular formula is C26H30ClN9O2. The van der Waals surface area contributed by atoms with E-state index in [2.05, 4.69) is 59.8 Å². The third-order valence-electron chi connectivity index (χ3n) is 6.38. The van der Waals surface area contributed by atoms with Gasteiger partial charge in [0.05, 0.1) is 24.4 Å². The number of anilines is 3. The van der Waals surface area contributed by atoms with Crippen molar-refractivity contribution in [3.8, 4) is 22.6 Å². The van der Waals surface area contributed by atoms with Crippen molar-refractivity contribution in [2.45, 2.75) is 19.6 Å². The summed E-state index contributed by atoms with van der Waals surface area (Å²) in [5.74, 6) is 1.78. The molecule has 0 amide bonds. The van der Waals surface area contributed by atoms with Crippen LogP contribution in [0.2, 0.25) is 5.02 Å². The quantitative estimate of drug-likeness (QED) is 0.340. The number of rotatable bonds is 9. The summed E-state index contributed by atoms with van der Waals surface area (Å²) in [4.78, 5) is 13.7. The van der Waals surface area contributed by atoms with Gasteiger partial charge in [-0.2, -0.15) is 0 Å². The number of likely N-dealkylation sites (N-methyl/N-ethyl adjacent to an activating group) is 1. The molecule has 1 aliphatic heterocycles. The van der Waals surface area contributed by atoms with Gasteiger partial charge in [-0.1, -0.05) is 17.7 Å². The van der Waals surface area contributed by atoms with Crippen LogP contribution in [0.4, 0.5) is 17.3 Å². The summed E-state index contributed by atoms with van der Waals surface area (Å²) in [7, 11) is 3.82. The molecule has 2 aromatic carbocycles. The Hall–Kier alpha value is -3.96. The molecule has 11 nitrogen and oxygen atoms in total. The molecule has 1 atom stereocenters. The lowest BCUT2D eigenvalue weighted by Crippen LogP contribution is -2.44. The van der Waals surface area contributed by atoms with Crippen LogP contribution in [0.15, 0.2) is 55.1 Å². The Morgan fingerprint density at radius 3 is 2.50 bits per heavy atom. The Kier molecular flexibility index (Phi) is 7.85. The lowest BCUT2D eigenvalue weighted by Gasteiger charge is -2.34. The number of nitrogens with zero attached hydrogens (tertiary/aromatic N) is 8. The Balaban J connectivity index is 1.26. The number of hydrogen-bond acceptors (Lipinski definition) is 10. The van der Waals surface area contributed by atoms with E-state index in [9.17, 15) is 0 Å². The molecule has 1 aliphatic rings. The summed E-state index contributed by atoms with van der Waals surface area (Å²) in [5, 5.41) is 14.9. The van der Waals surface area contributed by atoms with Crippen LogP contribution in [0.1, 0.15) is 6.92 Å². The minimum atomic E-state index is -0.188. The molecule has 0 spiro atoms. The fourth-order valence-electron chi connectivity index (χ4n) is 4.26. The van der Waals surface area contributed by atoms with Crippen LogP contribution in [-0.2, 0) is 6.54 Å². The van der Waals surface area contributed by atoms with Crippen molar-refractivity contribution < 1.29 is 9.47 Å². The zero-order valence-electron chi connectivity index (χ0n) is 21.6. The van der Waals surface area contributed by atoms with Crippen molar-refractivity contribution in [3.63, 3.8) is 0 Å². The van der Waals surface area contributed by atoms with Gasteiger partial charge in [0.1, 0.15) is 23.9 Å². The molecule has 5 rings (SSSR count). The van der Waals surface area contributed by atoms with Gasteiger partial charge < -0.3 is 24.6 Å². The first kappa shape index (κ1) is 25.7. The molecule has 198 valence electrons. The van der Waals surface area contributed by atoms with Crippen molar-refractivity contribution in [1.29, 1.82) is 0 Å². The van der Waals surface area contributed by atoms with Gasteiger partial charge in [-0.15, -0.1) is 5.10 Å². The molecule has 3 heterocycles. The van der Waals surface area contributed by atoms with Crippen molar-refractivity contribution >= 4 is 28.9 Å². The van der Waals surface area contributed by atoms with Crippen molar-refractivity contribution in [1.82, 2.24) is 35.1 Å². The van der Waals surface area contributed by atoms with Gasteiger partial charge in [0.2, 0.25) is 5.95 Å². The zero-order chi connectivity index (χ0) is 26.5. The molecule has 12 heteroatoms.